The number of rotatable bonds is 5. The van der Waals surface area contributed by atoms with Crippen LogP contribution in [0.15, 0.2) is 36.8 Å². The third kappa shape index (κ3) is 4.31. The van der Waals surface area contributed by atoms with E-state index in [1.54, 1.807) is 18.2 Å². The Hall–Kier alpha value is -2.51. The monoisotopic (exact) mass is 418 g/mol. The molecular weight excluding hydrogens is 399 g/mol. The Morgan fingerprint density at radius 3 is 2.89 bits per heavy atom. The molecule has 28 heavy (non-hydrogen) atoms. The summed E-state index contributed by atoms with van der Waals surface area (Å²) in [6.07, 6.45) is 5.30. The molecule has 1 aliphatic rings. The largest absolute Gasteiger partial charge is 0.376 e. The molecule has 9 heteroatoms. The van der Waals surface area contributed by atoms with E-state index in [1.807, 2.05) is 17.2 Å². The van der Waals surface area contributed by atoms with Crippen LogP contribution in [0.1, 0.15) is 12.8 Å². The lowest BCUT2D eigenvalue weighted by Crippen LogP contribution is -2.47. The van der Waals surface area contributed by atoms with Gasteiger partial charge in [-0.2, -0.15) is 0 Å². The van der Waals surface area contributed by atoms with E-state index in [0.717, 1.165) is 41.9 Å². The number of halogens is 2. The summed E-state index contributed by atoms with van der Waals surface area (Å²) in [4.78, 5) is 26.2. The number of carbonyl (C=O) groups is 1. The highest BCUT2D eigenvalue weighted by molar-refractivity contribution is 6.35. The Labute approximate surface area is 172 Å². The standard InChI is InChI=1S/C19H20Cl2N6O/c20-12-6-13(21)8-15(7-12)23-9-17(28)27-5-1-2-14(10-27)26-19-16-3-4-22-18(16)24-11-25-19/h3-4,6-8,11,14,23H,1-2,5,9-10H2,(H2,22,24,25,26)/t14-/m1/s1. The van der Waals surface area contributed by atoms with Crippen molar-refractivity contribution in [3.8, 4) is 0 Å². The molecule has 2 aromatic heterocycles. The number of piperidine rings is 1. The lowest BCUT2D eigenvalue weighted by atomic mass is 10.1. The average molecular weight is 419 g/mol. The number of carbonyl (C=O) groups excluding carboxylic acids is 1. The minimum Gasteiger partial charge on any atom is -0.376 e. The predicted octanol–water partition coefficient (Wildman–Crippen LogP) is 3.78. The lowest BCUT2D eigenvalue weighted by Gasteiger charge is -2.33. The maximum absolute atomic E-state index is 12.6. The van der Waals surface area contributed by atoms with Gasteiger partial charge in [0.05, 0.1) is 11.9 Å². The van der Waals surface area contributed by atoms with Crippen LogP contribution in [-0.4, -0.2) is 51.4 Å². The molecule has 0 radical (unpaired) electrons. The number of H-pyrrole nitrogens is 1. The molecule has 1 aliphatic heterocycles. The minimum atomic E-state index is 0.0390. The molecule has 3 aromatic rings. The fourth-order valence-electron chi connectivity index (χ4n) is 3.45. The lowest BCUT2D eigenvalue weighted by molar-refractivity contribution is -0.130. The highest BCUT2D eigenvalue weighted by atomic mass is 35.5. The van der Waals surface area contributed by atoms with Crippen molar-refractivity contribution in [2.75, 3.05) is 30.3 Å². The first-order valence-electron chi connectivity index (χ1n) is 9.11. The van der Waals surface area contributed by atoms with Gasteiger partial charge in [-0.1, -0.05) is 23.2 Å². The SMILES string of the molecule is O=C(CNc1cc(Cl)cc(Cl)c1)N1CCC[C@@H](Nc2ncnc3[nH]ccc23)C1. The molecule has 0 saturated carbocycles. The third-order valence-electron chi connectivity index (χ3n) is 4.78. The maximum atomic E-state index is 12.6. The van der Waals surface area contributed by atoms with Crippen molar-refractivity contribution >= 4 is 51.6 Å². The second-order valence-electron chi connectivity index (χ2n) is 6.80. The van der Waals surface area contributed by atoms with Gasteiger partial charge in [-0.25, -0.2) is 9.97 Å². The van der Waals surface area contributed by atoms with Gasteiger partial charge in [0.2, 0.25) is 5.91 Å². The molecule has 7 nitrogen and oxygen atoms in total. The summed E-state index contributed by atoms with van der Waals surface area (Å²) in [5.74, 6) is 0.828. The highest BCUT2D eigenvalue weighted by Crippen LogP contribution is 2.23. The van der Waals surface area contributed by atoms with Gasteiger partial charge in [-0.05, 0) is 37.1 Å². The quantitative estimate of drug-likeness (QED) is 0.586. The number of aromatic amines is 1. The van der Waals surface area contributed by atoms with E-state index in [9.17, 15) is 4.79 Å². The molecule has 0 spiro atoms. The minimum absolute atomic E-state index is 0.0390. The van der Waals surface area contributed by atoms with E-state index in [2.05, 4.69) is 25.6 Å². The van der Waals surface area contributed by atoms with Gasteiger partial charge < -0.3 is 20.5 Å². The molecule has 1 aromatic carbocycles. The van der Waals surface area contributed by atoms with Crippen LogP contribution in [0.25, 0.3) is 11.0 Å². The number of anilines is 2. The summed E-state index contributed by atoms with van der Waals surface area (Å²) in [7, 11) is 0. The first-order valence-corrected chi connectivity index (χ1v) is 9.86. The van der Waals surface area contributed by atoms with Crippen molar-refractivity contribution in [2.45, 2.75) is 18.9 Å². The van der Waals surface area contributed by atoms with Crippen LogP contribution in [0.3, 0.4) is 0 Å². The van der Waals surface area contributed by atoms with Crippen molar-refractivity contribution in [1.82, 2.24) is 19.9 Å². The molecule has 1 amide bonds. The van der Waals surface area contributed by atoms with Crippen LogP contribution in [0.2, 0.25) is 10.0 Å². The Morgan fingerprint density at radius 2 is 2.07 bits per heavy atom. The maximum Gasteiger partial charge on any atom is 0.241 e. The van der Waals surface area contributed by atoms with Crippen molar-refractivity contribution in [3.63, 3.8) is 0 Å². The Morgan fingerprint density at radius 1 is 1.25 bits per heavy atom. The summed E-state index contributed by atoms with van der Waals surface area (Å²) >= 11 is 12.0. The number of benzene rings is 1. The van der Waals surface area contributed by atoms with E-state index < -0.39 is 0 Å². The number of likely N-dealkylation sites (tertiary alicyclic amines) is 1. The molecule has 0 aliphatic carbocycles. The molecule has 3 N–H and O–H groups in total. The zero-order valence-electron chi connectivity index (χ0n) is 15.1. The van der Waals surface area contributed by atoms with Crippen LogP contribution in [0.5, 0.6) is 0 Å². The summed E-state index contributed by atoms with van der Waals surface area (Å²) in [5, 5.41) is 8.58. The van der Waals surface area contributed by atoms with Crippen LogP contribution in [-0.2, 0) is 4.79 Å². The molecule has 1 fully saturated rings. The topological polar surface area (TPSA) is 85.9 Å². The Kier molecular flexibility index (Phi) is 5.54. The van der Waals surface area contributed by atoms with Gasteiger partial charge in [-0.3, -0.25) is 4.79 Å². The second kappa shape index (κ2) is 8.24. The van der Waals surface area contributed by atoms with Crippen molar-refractivity contribution in [2.24, 2.45) is 0 Å². The smallest absolute Gasteiger partial charge is 0.241 e. The summed E-state index contributed by atoms with van der Waals surface area (Å²) in [5.41, 5.74) is 1.53. The van der Waals surface area contributed by atoms with Gasteiger partial charge in [0.1, 0.15) is 17.8 Å². The zero-order chi connectivity index (χ0) is 19.5. The molecule has 1 saturated heterocycles. The molecule has 3 heterocycles. The van der Waals surface area contributed by atoms with Crippen LogP contribution in [0.4, 0.5) is 11.5 Å². The van der Waals surface area contributed by atoms with Crippen LogP contribution >= 0.6 is 23.2 Å². The first kappa shape index (κ1) is 18.8. The Bertz CT molecular complexity index is 971. The van der Waals surface area contributed by atoms with Gasteiger partial charge in [0, 0.05) is 41.1 Å². The molecule has 1 atom stereocenters. The Balaban J connectivity index is 1.36. The molecular formula is C19H20Cl2N6O. The van der Waals surface area contributed by atoms with E-state index in [4.69, 9.17) is 23.2 Å². The van der Waals surface area contributed by atoms with Gasteiger partial charge in [-0.15, -0.1) is 0 Å². The summed E-state index contributed by atoms with van der Waals surface area (Å²) in [6, 6.07) is 7.25. The summed E-state index contributed by atoms with van der Waals surface area (Å²) < 4.78 is 0. The fraction of sp³-hybridized carbons (Fsp3) is 0.316. The van der Waals surface area contributed by atoms with Gasteiger partial charge in [0.25, 0.3) is 0 Å². The first-order chi connectivity index (χ1) is 13.6. The number of hydrogen-bond acceptors (Lipinski definition) is 5. The van der Waals surface area contributed by atoms with E-state index in [-0.39, 0.29) is 18.5 Å². The highest BCUT2D eigenvalue weighted by Gasteiger charge is 2.24. The molecule has 4 rings (SSSR count). The normalized spacial score (nSPS) is 16.9. The molecule has 146 valence electrons. The van der Waals surface area contributed by atoms with E-state index >= 15 is 0 Å². The number of aromatic nitrogens is 3. The van der Waals surface area contributed by atoms with E-state index in [0.29, 0.717) is 16.6 Å². The van der Waals surface area contributed by atoms with E-state index in [1.165, 1.54) is 6.33 Å². The van der Waals surface area contributed by atoms with Crippen molar-refractivity contribution < 1.29 is 4.79 Å². The third-order valence-corrected chi connectivity index (χ3v) is 5.21. The number of nitrogens with zero attached hydrogens (tertiary/aromatic N) is 3. The van der Waals surface area contributed by atoms with Crippen molar-refractivity contribution in [3.05, 3.63) is 46.8 Å². The summed E-state index contributed by atoms with van der Waals surface area (Å²) in [6.45, 7) is 1.57. The fourth-order valence-corrected chi connectivity index (χ4v) is 3.97. The zero-order valence-corrected chi connectivity index (χ0v) is 16.6. The van der Waals surface area contributed by atoms with Gasteiger partial charge >= 0.3 is 0 Å². The number of fused-ring (bicyclic) bond motifs is 1. The van der Waals surface area contributed by atoms with Crippen LogP contribution in [0, 0.1) is 0 Å². The van der Waals surface area contributed by atoms with Crippen molar-refractivity contribution in [1.29, 1.82) is 0 Å². The molecule has 0 bridgehead atoms. The second-order valence-corrected chi connectivity index (χ2v) is 7.67. The average Bonchev–Trinajstić information content (AvgIpc) is 3.15. The predicted molar refractivity (Wildman–Crippen MR) is 112 cm³/mol. The number of nitrogens with one attached hydrogen (secondary N) is 3. The van der Waals surface area contributed by atoms with Gasteiger partial charge in [0.15, 0.2) is 0 Å². The number of amides is 1. The number of hydrogen-bond donors (Lipinski definition) is 3. The molecule has 0 unspecified atom stereocenters. The van der Waals surface area contributed by atoms with Crippen LogP contribution < -0.4 is 10.6 Å².